The van der Waals surface area contributed by atoms with E-state index < -0.39 is 0 Å². The van der Waals surface area contributed by atoms with Crippen LogP contribution >= 0.6 is 24.0 Å². The first-order chi connectivity index (χ1) is 12.2. The number of nitrogens with zero attached hydrogens (tertiary/aromatic N) is 2. The van der Waals surface area contributed by atoms with Crippen molar-refractivity contribution in [3.63, 3.8) is 0 Å². The van der Waals surface area contributed by atoms with Gasteiger partial charge in [-0.1, -0.05) is 19.1 Å². The molecule has 1 fully saturated rings. The van der Waals surface area contributed by atoms with Crippen LogP contribution in [0.4, 0.5) is 0 Å². The Morgan fingerprint density at radius 2 is 2.00 bits per heavy atom. The summed E-state index contributed by atoms with van der Waals surface area (Å²) < 4.78 is 10.5. The highest BCUT2D eigenvalue weighted by molar-refractivity contribution is 14.0. The predicted molar refractivity (Wildman–Crippen MR) is 118 cm³/mol. The van der Waals surface area contributed by atoms with Gasteiger partial charge in [-0.2, -0.15) is 0 Å². The van der Waals surface area contributed by atoms with Crippen LogP contribution in [-0.4, -0.2) is 63.9 Å². The summed E-state index contributed by atoms with van der Waals surface area (Å²) in [4.78, 5) is 6.83. The number of hydrogen-bond donors (Lipinski definition) is 2. The van der Waals surface area contributed by atoms with E-state index >= 15 is 0 Å². The van der Waals surface area contributed by atoms with Crippen molar-refractivity contribution >= 4 is 29.9 Å². The van der Waals surface area contributed by atoms with Gasteiger partial charge in [0.1, 0.15) is 5.75 Å². The Balaban J connectivity index is 0.00000338. The summed E-state index contributed by atoms with van der Waals surface area (Å²) in [6.07, 6.45) is 2.04. The molecule has 1 aliphatic heterocycles. The number of ether oxygens (including phenoxy) is 2. The lowest BCUT2D eigenvalue weighted by Gasteiger charge is -2.26. The summed E-state index contributed by atoms with van der Waals surface area (Å²) in [5.41, 5.74) is 7.25. The third kappa shape index (κ3) is 8.55. The second-order valence-corrected chi connectivity index (χ2v) is 6.46. The lowest BCUT2D eigenvalue weighted by molar-refractivity contribution is 0.0377. The largest absolute Gasteiger partial charge is 0.497 e. The fraction of sp³-hybridized carbons (Fsp3) is 0.632. The molecule has 0 aromatic heterocycles. The van der Waals surface area contributed by atoms with Gasteiger partial charge < -0.3 is 20.5 Å². The van der Waals surface area contributed by atoms with Crippen LogP contribution in [0.3, 0.4) is 0 Å². The van der Waals surface area contributed by atoms with Crippen LogP contribution < -0.4 is 15.8 Å². The van der Waals surface area contributed by atoms with Crippen LogP contribution in [0.5, 0.6) is 5.75 Å². The molecular formula is C19H33IN4O2. The minimum absolute atomic E-state index is 0. The van der Waals surface area contributed by atoms with Gasteiger partial charge in [-0.05, 0) is 36.5 Å². The molecule has 0 spiro atoms. The molecule has 0 saturated carbocycles. The van der Waals surface area contributed by atoms with Crippen molar-refractivity contribution in [1.82, 2.24) is 10.2 Å². The zero-order valence-corrected chi connectivity index (χ0v) is 18.3. The molecule has 148 valence electrons. The standard InChI is InChI=1S/C19H32N4O2.HI/c1-16(17-4-6-18(24-2)7-5-17)8-10-22-19(20)21-9-3-11-23-12-14-25-15-13-23;/h4-7,16H,3,8-15H2,1-2H3,(H3,20,21,22);1H. The van der Waals surface area contributed by atoms with E-state index in [2.05, 4.69) is 34.3 Å². The molecule has 1 saturated heterocycles. The molecular weight excluding hydrogens is 443 g/mol. The van der Waals surface area contributed by atoms with Crippen molar-refractivity contribution in [1.29, 1.82) is 0 Å². The molecule has 0 aliphatic carbocycles. The van der Waals surface area contributed by atoms with E-state index in [-0.39, 0.29) is 24.0 Å². The van der Waals surface area contributed by atoms with Gasteiger partial charge in [0.25, 0.3) is 0 Å². The fourth-order valence-corrected chi connectivity index (χ4v) is 2.89. The Morgan fingerprint density at radius 1 is 1.31 bits per heavy atom. The SMILES string of the molecule is COc1ccc(C(C)CCNC(N)=NCCCN2CCOCC2)cc1.I. The second kappa shape index (κ2) is 13.2. The average Bonchev–Trinajstić information content (AvgIpc) is 2.66. The number of halogens is 1. The van der Waals surface area contributed by atoms with Gasteiger partial charge in [-0.3, -0.25) is 9.89 Å². The van der Waals surface area contributed by atoms with Gasteiger partial charge in [0.15, 0.2) is 5.96 Å². The van der Waals surface area contributed by atoms with E-state index in [1.807, 2.05) is 12.1 Å². The summed E-state index contributed by atoms with van der Waals surface area (Å²) in [6, 6.07) is 8.24. The van der Waals surface area contributed by atoms with Gasteiger partial charge >= 0.3 is 0 Å². The van der Waals surface area contributed by atoms with Crippen LogP contribution in [0.2, 0.25) is 0 Å². The first-order valence-electron chi connectivity index (χ1n) is 9.17. The number of nitrogens with one attached hydrogen (secondary N) is 1. The number of morpholine rings is 1. The third-order valence-corrected chi connectivity index (χ3v) is 4.59. The van der Waals surface area contributed by atoms with Gasteiger partial charge in [0, 0.05) is 32.7 Å². The number of methoxy groups -OCH3 is 1. The highest BCUT2D eigenvalue weighted by Crippen LogP contribution is 2.21. The maximum Gasteiger partial charge on any atom is 0.188 e. The average molecular weight is 476 g/mol. The molecule has 3 N–H and O–H groups in total. The topological polar surface area (TPSA) is 72.1 Å². The molecule has 1 aromatic carbocycles. The molecule has 0 bridgehead atoms. The molecule has 0 amide bonds. The maximum absolute atomic E-state index is 5.94. The maximum atomic E-state index is 5.94. The van der Waals surface area contributed by atoms with Crippen molar-refractivity contribution in [3.05, 3.63) is 29.8 Å². The van der Waals surface area contributed by atoms with E-state index in [1.54, 1.807) is 7.11 Å². The van der Waals surface area contributed by atoms with E-state index in [1.165, 1.54) is 5.56 Å². The lowest BCUT2D eigenvalue weighted by atomic mass is 9.98. The van der Waals surface area contributed by atoms with Crippen LogP contribution in [0.15, 0.2) is 29.3 Å². The van der Waals surface area contributed by atoms with Crippen molar-refractivity contribution in [2.45, 2.75) is 25.7 Å². The fourth-order valence-electron chi connectivity index (χ4n) is 2.89. The van der Waals surface area contributed by atoms with Gasteiger partial charge in [0.05, 0.1) is 20.3 Å². The molecule has 1 aliphatic rings. The van der Waals surface area contributed by atoms with E-state index in [0.717, 1.165) is 64.5 Å². The van der Waals surface area contributed by atoms with Crippen LogP contribution in [-0.2, 0) is 4.74 Å². The molecule has 0 radical (unpaired) electrons. The number of rotatable bonds is 9. The smallest absolute Gasteiger partial charge is 0.188 e. The Bertz CT molecular complexity index is 519. The molecule has 1 heterocycles. The summed E-state index contributed by atoms with van der Waals surface area (Å²) in [7, 11) is 1.69. The zero-order chi connectivity index (χ0) is 17.9. The third-order valence-electron chi connectivity index (χ3n) is 4.59. The Morgan fingerprint density at radius 3 is 2.65 bits per heavy atom. The van der Waals surface area contributed by atoms with Crippen LogP contribution in [0.1, 0.15) is 31.2 Å². The minimum atomic E-state index is 0. The monoisotopic (exact) mass is 476 g/mol. The Labute approximate surface area is 174 Å². The van der Waals surface area contributed by atoms with Crippen molar-refractivity contribution in [2.24, 2.45) is 10.7 Å². The second-order valence-electron chi connectivity index (χ2n) is 6.46. The van der Waals surface area contributed by atoms with Crippen LogP contribution in [0, 0.1) is 0 Å². The number of aliphatic imine (C=N–C) groups is 1. The first-order valence-corrected chi connectivity index (χ1v) is 9.17. The van der Waals surface area contributed by atoms with Crippen molar-refractivity contribution in [2.75, 3.05) is 53.0 Å². The number of benzene rings is 1. The highest BCUT2D eigenvalue weighted by Gasteiger charge is 2.09. The Kier molecular flexibility index (Phi) is 11.6. The molecule has 26 heavy (non-hydrogen) atoms. The molecule has 1 atom stereocenters. The van der Waals surface area contributed by atoms with Crippen molar-refractivity contribution < 1.29 is 9.47 Å². The summed E-state index contributed by atoms with van der Waals surface area (Å²) >= 11 is 0. The number of guanidine groups is 1. The summed E-state index contributed by atoms with van der Waals surface area (Å²) in [6.45, 7) is 8.63. The van der Waals surface area contributed by atoms with Crippen molar-refractivity contribution in [3.8, 4) is 5.75 Å². The van der Waals surface area contributed by atoms with Gasteiger partial charge in [-0.25, -0.2) is 0 Å². The molecule has 6 nitrogen and oxygen atoms in total. The lowest BCUT2D eigenvalue weighted by Crippen LogP contribution is -2.37. The first kappa shape index (κ1) is 23.0. The van der Waals surface area contributed by atoms with Gasteiger partial charge in [-0.15, -0.1) is 24.0 Å². The highest BCUT2D eigenvalue weighted by atomic mass is 127. The molecule has 1 unspecified atom stereocenters. The van der Waals surface area contributed by atoms with E-state index in [0.29, 0.717) is 11.9 Å². The predicted octanol–water partition coefficient (Wildman–Crippen LogP) is 2.43. The normalized spacial score (nSPS) is 16.6. The van der Waals surface area contributed by atoms with Gasteiger partial charge in [0.2, 0.25) is 0 Å². The number of nitrogens with two attached hydrogens (primary N) is 1. The molecule has 1 aromatic rings. The van der Waals surface area contributed by atoms with Crippen LogP contribution in [0.25, 0.3) is 0 Å². The minimum Gasteiger partial charge on any atom is -0.497 e. The van der Waals surface area contributed by atoms with E-state index in [9.17, 15) is 0 Å². The quantitative estimate of drug-likeness (QED) is 0.248. The molecule has 2 rings (SSSR count). The summed E-state index contributed by atoms with van der Waals surface area (Å²) in [5.74, 6) is 1.90. The Hall–Kier alpha value is -1.06. The number of hydrogen-bond acceptors (Lipinski definition) is 4. The zero-order valence-electron chi connectivity index (χ0n) is 15.9. The molecule has 7 heteroatoms. The van der Waals surface area contributed by atoms with E-state index in [4.69, 9.17) is 15.2 Å². The summed E-state index contributed by atoms with van der Waals surface area (Å²) in [5, 5.41) is 3.21.